The highest BCUT2D eigenvalue weighted by atomic mass is 16.3. The number of nitrogens with one attached hydrogen (secondary N) is 1. The number of aliphatic hydroxyl groups is 3. The number of rotatable bonds is 6. The Kier molecular flexibility index (Phi) is 6.70. The highest BCUT2D eigenvalue weighted by molar-refractivity contribution is 6.11. The summed E-state index contributed by atoms with van der Waals surface area (Å²) < 4.78 is 0. The van der Waals surface area contributed by atoms with E-state index in [1.807, 2.05) is 26.8 Å². The van der Waals surface area contributed by atoms with Crippen molar-refractivity contribution < 1.29 is 30.0 Å². The maximum Gasteiger partial charge on any atom is 0.249 e. The molecular formula is C27H37N3O6. The van der Waals surface area contributed by atoms with Crippen molar-refractivity contribution in [3.8, 4) is 5.75 Å². The van der Waals surface area contributed by atoms with E-state index in [1.165, 1.54) is 6.07 Å². The van der Waals surface area contributed by atoms with Crippen LogP contribution in [0.25, 0.3) is 5.76 Å². The summed E-state index contributed by atoms with van der Waals surface area (Å²) in [5, 5.41) is 48.8. The number of Topliss-reactive ketones (excluding diaryl/α,β-unsaturated/α-hetero) is 1. The first-order valence-electron chi connectivity index (χ1n) is 12.6. The molecule has 7 atom stereocenters. The van der Waals surface area contributed by atoms with Gasteiger partial charge in [0.1, 0.15) is 17.3 Å². The lowest BCUT2D eigenvalue weighted by Crippen LogP contribution is -2.73. The van der Waals surface area contributed by atoms with Gasteiger partial charge in [0.2, 0.25) is 5.91 Å². The third kappa shape index (κ3) is 3.48. The maximum atomic E-state index is 14.4. The fraction of sp³-hybridized carbons (Fsp3) is 0.556. The zero-order chi connectivity index (χ0) is 26.7. The predicted molar refractivity (Wildman–Crippen MR) is 135 cm³/mol. The molecule has 0 radical (unpaired) electrons. The molecule has 0 saturated heterocycles. The van der Waals surface area contributed by atoms with Gasteiger partial charge >= 0.3 is 0 Å². The summed E-state index contributed by atoms with van der Waals surface area (Å²) in [7, 11) is 3.42. The molecule has 1 aromatic carbocycles. The molecule has 0 bridgehead atoms. The van der Waals surface area contributed by atoms with Crippen LogP contribution in [0, 0.1) is 17.8 Å². The summed E-state index contributed by atoms with van der Waals surface area (Å²) in [5.41, 5.74) is 4.23. The number of unbranched alkanes of at least 4 members (excludes halogenated alkanes) is 1. The van der Waals surface area contributed by atoms with E-state index in [9.17, 15) is 30.0 Å². The summed E-state index contributed by atoms with van der Waals surface area (Å²) in [4.78, 5) is 28.7. The molecule has 3 aliphatic carbocycles. The zero-order valence-electron chi connectivity index (χ0n) is 21.4. The van der Waals surface area contributed by atoms with Crippen LogP contribution >= 0.6 is 0 Å². The number of aliphatic hydroxyl groups excluding tert-OH is 2. The van der Waals surface area contributed by atoms with Crippen LogP contribution in [0.3, 0.4) is 0 Å². The first kappa shape index (κ1) is 26.2. The zero-order valence-corrected chi connectivity index (χ0v) is 21.4. The van der Waals surface area contributed by atoms with Crippen molar-refractivity contribution in [2.24, 2.45) is 23.5 Å². The summed E-state index contributed by atoms with van der Waals surface area (Å²) in [6.45, 7) is 6.19. The van der Waals surface area contributed by atoms with Gasteiger partial charge in [-0.1, -0.05) is 39.3 Å². The lowest BCUT2D eigenvalue weighted by atomic mass is 9.50. The number of ketones is 1. The minimum atomic E-state index is -2.18. The summed E-state index contributed by atoms with van der Waals surface area (Å²) in [6, 6.07) is 2.83. The van der Waals surface area contributed by atoms with Crippen molar-refractivity contribution >= 4 is 17.4 Å². The topological polar surface area (TPSA) is 156 Å². The van der Waals surface area contributed by atoms with Crippen molar-refractivity contribution in [1.82, 2.24) is 10.2 Å². The summed E-state index contributed by atoms with van der Waals surface area (Å²) in [5.74, 6) is -4.39. The molecular weight excluding hydrogens is 462 g/mol. The van der Waals surface area contributed by atoms with E-state index in [0.717, 1.165) is 6.42 Å². The number of carbonyl (C=O) groups is 2. The molecule has 7 N–H and O–H groups in total. The average molecular weight is 500 g/mol. The van der Waals surface area contributed by atoms with Crippen LogP contribution in [-0.2, 0) is 9.59 Å². The van der Waals surface area contributed by atoms with Gasteiger partial charge in [-0.25, -0.2) is 0 Å². The van der Waals surface area contributed by atoms with Gasteiger partial charge in [0.15, 0.2) is 11.4 Å². The van der Waals surface area contributed by atoms with Crippen molar-refractivity contribution in [3.05, 3.63) is 46.2 Å². The number of nitrogens with zero attached hydrogens (tertiary/aromatic N) is 1. The maximum absolute atomic E-state index is 14.4. The molecule has 9 nitrogen and oxygen atoms in total. The normalized spacial score (nSPS) is 33.9. The standard InChI is InChI=1S/C27H37N3O6/c1-6-7-11-29-24-19(26(28)35)23(33)21(30(4)5)20-13(3)16-12(2)14-9-8-10-15(31)17(14)22(32)18(16)25(34)27(20,24)36/h8-10,12-13,16,20-21,24,29,31-33,36H,6-7,11H2,1-5H3,(H2,28,35)/t12-,13-,16-,20-,21-,24-,27+/m0/s1. The van der Waals surface area contributed by atoms with Crippen LogP contribution in [0.2, 0.25) is 0 Å². The van der Waals surface area contributed by atoms with E-state index in [-0.39, 0.29) is 39.9 Å². The van der Waals surface area contributed by atoms with Crippen LogP contribution in [0.4, 0.5) is 0 Å². The van der Waals surface area contributed by atoms with Gasteiger partial charge in [-0.15, -0.1) is 0 Å². The Morgan fingerprint density at radius 3 is 2.44 bits per heavy atom. The second-order valence-corrected chi connectivity index (χ2v) is 10.7. The Labute approximate surface area is 211 Å². The van der Waals surface area contributed by atoms with Gasteiger partial charge in [0.25, 0.3) is 0 Å². The molecule has 4 rings (SSSR count). The van der Waals surface area contributed by atoms with E-state index >= 15 is 0 Å². The number of likely N-dealkylation sites (N-methyl/N-ethyl adjacent to an activating group) is 1. The number of nitrogens with two attached hydrogens (primary N) is 1. The average Bonchev–Trinajstić information content (AvgIpc) is 2.80. The van der Waals surface area contributed by atoms with Crippen molar-refractivity contribution in [2.75, 3.05) is 20.6 Å². The molecule has 0 heterocycles. The van der Waals surface area contributed by atoms with Crippen LogP contribution < -0.4 is 11.1 Å². The van der Waals surface area contributed by atoms with E-state index in [2.05, 4.69) is 5.32 Å². The fourth-order valence-electron chi connectivity index (χ4n) is 6.96. The lowest BCUT2D eigenvalue weighted by Gasteiger charge is -2.58. The molecule has 196 valence electrons. The smallest absolute Gasteiger partial charge is 0.249 e. The molecule has 1 fully saturated rings. The Morgan fingerprint density at radius 2 is 1.86 bits per heavy atom. The lowest BCUT2D eigenvalue weighted by molar-refractivity contribution is -0.163. The molecule has 0 spiro atoms. The van der Waals surface area contributed by atoms with Gasteiger partial charge in [-0.3, -0.25) is 14.5 Å². The first-order valence-corrected chi connectivity index (χ1v) is 12.6. The Hall–Kier alpha value is -2.88. The van der Waals surface area contributed by atoms with E-state index in [1.54, 1.807) is 25.1 Å². The number of carbonyl (C=O) groups excluding carboxylic acids is 2. The number of aromatic hydroxyl groups is 1. The molecule has 1 amide bonds. The van der Waals surface area contributed by atoms with E-state index in [0.29, 0.717) is 18.5 Å². The second kappa shape index (κ2) is 9.21. The van der Waals surface area contributed by atoms with Gasteiger partial charge in [0.05, 0.1) is 23.2 Å². The van der Waals surface area contributed by atoms with Crippen molar-refractivity contribution in [1.29, 1.82) is 0 Å². The third-order valence-corrected chi connectivity index (χ3v) is 8.50. The Morgan fingerprint density at radius 1 is 1.19 bits per heavy atom. The monoisotopic (exact) mass is 499 g/mol. The molecule has 1 saturated carbocycles. The fourth-order valence-corrected chi connectivity index (χ4v) is 6.96. The number of phenols is 1. The van der Waals surface area contributed by atoms with Gasteiger partial charge < -0.3 is 31.5 Å². The predicted octanol–water partition coefficient (Wildman–Crippen LogP) is 1.96. The van der Waals surface area contributed by atoms with E-state index in [4.69, 9.17) is 5.73 Å². The Bertz CT molecular complexity index is 1160. The first-order chi connectivity index (χ1) is 16.9. The number of hydrogen-bond acceptors (Lipinski definition) is 8. The number of phenolic OH excluding ortho intramolecular Hbond substituents is 1. The van der Waals surface area contributed by atoms with E-state index < -0.39 is 47.1 Å². The van der Waals surface area contributed by atoms with Gasteiger partial charge in [0, 0.05) is 17.4 Å². The minimum Gasteiger partial charge on any atom is -0.510 e. The molecule has 3 aliphatic rings. The molecule has 1 aromatic rings. The van der Waals surface area contributed by atoms with Crippen LogP contribution in [0.5, 0.6) is 5.75 Å². The number of primary amides is 1. The number of amides is 1. The van der Waals surface area contributed by atoms with Crippen molar-refractivity contribution in [2.45, 2.75) is 57.2 Å². The molecule has 0 aliphatic heterocycles. The molecule has 9 heteroatoms. The van der Waals surface area contributed by atoms with Crippen LogP contribution in [-0.4, -0.2) is 75.3 Å². The summed E-state index contributed by atoms with van der Waals surface area (Å²) in [6.07, 6.45) is 1.54. The number of hydrogen-bond donors (Lipinski definition) is 6. The highest BCUT2D eigenvalue weighted by Gasteiger charge is 2.67. The molecule has 36 heavy (non-hydrogen) atoms. The van der Waals surface area contributed by atoms with Gasteiger partial charge in [-0.05, 0) is 50.5 Å². The van der Waals surface area contributed by atoms with Crippen LogP contribution in [0.1, 0.15) is 50.7 Å². The Balaban J connectivity index is 2.02. The summed E-state index contributed by atoms with van der Waals surface area (Å²) >= 11 is 0. The van der Waals surface area contributed by atoms with Gasteiger partial charge in [-0.2, -0.15) is 0 Å². The quantitative estimate of drug-likeness (QED) is 0.324. The molecule has 0 aromatic heterocycles. The second-order valence-electron chi connectivity index (χ2n) is 10.7. The largest absolute Gasteiger partial charge is 0.510 e. The SMILES string of the molecule is CCCCN[C@H]1C(C(N)=O)=C(O)[C@@H](N(C)C)[C@@H]2[C@@H](C)[C@H]3C(=C(O)c4c(O)cccc4[C@@H]3C)C(=O)[C@@]21O. The molecule has 0 unspecified atom stereocenters. The number of fused-ring (bicyclic) bond motifs is 3. The number of benzene rings is 1. The van der Waals surface area contributed by atoms with Crippen molar-refractivity contribution in [3.63, 3.8) is 0 Å². The third-order valence-electron chi connectivity index (χ3n) is 8.50. The van der Waals surface area contributed by atoms with Crippen LogP contribution in [0.15, 0.2) is 35.1 Å². The highest BCUT2D eigenvalue weighted by Crippen LogP contribution is 2.58. The minimum absolute atomic E-state index is 0.0350.